The minimum Gasteiger partial charge on any atom is -0.460 e. The zero-order valence-electron chi connectivity index (χ0n) is 18.9. The first-order valence-electron chi connectivity index (χ1n) is 10.7. The van der Waals surface area contributed by atoms with Gasteiger partial charge in [0.2, 0.25) is 0 Å². The molecule has 1 saturated heterocycles. The van der Waals surface area contributed by atoms with E-state index in [9.17, 15) is 9.59 Å². The molecule has 6 nitrogen and oxygen atoms in total. The first kappa shape index (κ1) is 25.7. The van der Waals surface area contributed by atoms with E-state index in [4.69, 9.17) is 32.7 Å². The van der Waals surface area contributed by atoms with Gasteiger partial charge >= 0.3 is 5.97 Å². The van der Waals surface area contributed by atoms with Crippen molar-refractivity contribution < 1.29 is 19.1 Å². The molecule has 3 rings (SSSR count). The van der Waals surface area contributed by atoms with Crippen molar-refractivity contribution in [2.45, 2.75) is 30.9 Å². The second-order valence-electron chi connectivity index (χ2n) is 7.96. The predicted octanol–water partition coefficient (Wildman–Crippen LogP) is 5.01. The number of methoxy groups -OCH3 is 1. The third kappa shape index (κ3) is 7.03. The number of hydrogen-bond donors (Lipinski definition) is 0. The van der Waals surface area contributed by atoms with Crippen LogP contribution in [-0.4, -0.2) is 68.0 Å². The molecule has 1 aliphatic heterocycles. The molecule has 1 unspecified atom stereocenters. The summed E-state index contributed by atoms with van der Waals surface area (Å²) in [4.78, 5) is 29.9. The largest absolute Gasteiger partial charge is 0.460 e. The van der Waals surface area contributed by atoms with Crippen LogP contribution in [0.5, 0.6) is 0 Å². The van der Waals surface area contributed by atoms with E-state index in [2.05, 4.69) is 11.8 Å². The molecule has 1 heterocycles. The second kappa shape index (κ2) is 12.0. The van der Waals surface area contributed by atoms with E-state index < -0.39 is 0 Å². The Morgan fingerprint density at radius 2 is 1.97 bits per heavy atom. The zero-order chi connectivity index (χ0) is 24.0. The maximum atomic E-state index is 13.1. The summed E-state index contributed by atoms with van der Waals surface area (Å²) in [5, 5.41) is 1.14. The number of ether oxygens (including phenoxy) is 2. The molecule has 0 spiro atoms. The molecule has 178 valence electrons. The number of amides is 1. The zero-order valence-corrected chi connectivity index (χ0v) is 21.3. The van der Waals surface area contributed by atoms with Crippen molar-refractivity contribution in [2.24, 2.45) is 0 Å². The lowest BCUT2D eigenvalue weighted by Gasteiger charge is -2.41. The minimum absolute atomic E-state index is 0.0566. The van der Waals surface area contributed by atoms with E-state index in [0.717, 1.165) is 17.1 Å². The summed E-state index contributed by atoms with van der Waals surface area (Å²) in [6, 6.07) is 13.1. The Bertz CT molecular complexity index is 991. The highest BCUT2D eigenvalue weighted by molar-refractivity contribution is 8.00. The molecule has 33 heavy (non-hydrogen) atoms. The van der Waals surface area contributed by atoms with E-state index in [-0.39, 0.29) is 29.8 Å². The van der Waals surface area contributed by atoms with Crippen molar-refractivity contribution in [2.75, 3.05) is 44.0 Å². The molecular formula is C24H28Cl2N2O4S. The van der Waals surface area contributed by atoms with Crippen molar-refractivity contribution >= 4 is 52.5 Å². The van der Waals surface area contributed by atoms with Gasteiger partial charge < -0.3 is 19.3 Å². The first-order valence-corrected chi connectivity index (χ1v) is 12.4. The quantitative estimate of drug-likeness (QED) is 0.367. The number of carbonyl (C=O) groups is 2. The van der Waals surface area contributed by atoms with Gasteiger partial charge in [0.1, 0.15) is 6.10 Å². The molecule has 0 aromatic heterocycles. The number of carbonyl (C=O) groups excluding carboxylic acids is 2. The molecule has 0 bridgehead atoms. The van der Waals surface area contributed by atoms with Crippen molar-refractivity contribution in [3.05, 3.63) is 58.1 Å². The summed E-state index contributed by atoms with van der Waals surface area (Å²) < 4.78 is 10.2. The van der Waals surface area contributed by atoms with Gasteiger partial charge in [0, 0.05) is 54.0 Å². The van der Waals surface area contributed by atoms with Crippen molar-refractivity contribution in [3.8, 4) is 0 Å². The van der Waals surface area contributed by atoms with Gasteiger partial charge in [-0.3, -0.25) is 9.59 Å². The fraction of sp³-hybridized carbons (Fsp3) is 0.417. The summed E-state index contributed by atoms with van der Waals surface area (Å²) in [5.41, 5.74) is 1.59. The number of nitrogens with zero attached hydrogens (tertiary/aromatic N) is 2. The number of halogens is 2. The highest BCUT2D eigenvalue weighted by atomic mass is 35.5. The van der Waals surface area contributed by atoms with Crippen LogP contribution in [0.15, 0.2) is 47.4 Å². The molecule has 2 aromatic rings. The maximum absolute atomic E-state index is 13.1. The molecule has 0 N–H and O–H groups in total. The van der Waals surface area contributed by atoms with Gasteiger partial charge in [-0.2, -0.15) is 0 Å². The van der Waals surface area contributed by atoms with Crippen LogP contribution in [0.1, 0.15) is 24.2 Å². The number of esters is 1. The molecule has 0 aliphatic carbocycles. The Kier molecular flexibility index (Phi) is 9.32. The summed E-state index contributed by atoms with van der Waals surface area (Å²) in [7, 11) is 1.56. The van der Waals surface area contributed by atoms with Gasteiger partial charge in [-0.15, -0.1) is 11.8 Å². The van der Waals surface area contributed by atoms with Gasteiger partial charge in [-0.05, 0) is 50.2 Å². The van der Waals surface area contributed by atoms with Crippen LogP contribution >= 0.6 is 35.0 Å². The van der Waals surface area contributed by atoms with Crippen LogP contribution in [0.4, 0.5) is 5.69 Å². The fourth-order valence-electron chi connectivity index (χ4n) is 3.78. The lowest BCUT2D eigenvalue weighted by atomic mass is 10.1. The van der Waals surface area contributed by atoms with Crippen molar-refractivity contribution in [1.29, 1.82) is 0 Å². The Labute approximate surface area is 209 Å². The summed E-state index contributed by atoms with van der Waals surface area (Å²) in [5.74, 6) is -0.268. The third-order valence-corrected chi connectivity index (χ3v) is 7.02. The van der Waals surface area contributed by atoms with Crippen LogP contribution in [0.25, 0.3) is 0 Å². The van der Waals surface area contributed by atoms with Gasteiger partial charge in [0.05, 0.1) is 17.4 Å². The van der Waals surface area contributed by atoms with Crippen molar-refractivity contribution in [1.82, 2.24) is 4.90 Å². The van der Waals surface area contributed by atoms with E-state index in [1.807, 2.05) is 29.2 Å². The van der Waals surface area contributed by atoms with Gasteiger partial charge in [-0.25, -0.2) is 0 Å². The number of benzene rings is 2. The summed E-state index contributed by atoms with van der Waals surface area (Å²) in [6.45, 7) is 6.15. The molecular weight excluding hydrogens is 483 g/mol. The molecule has 1 amide bonds. The molecule has 9 heteroatoms. The number of rotatable bonds is 8. The van der Waals surface area contributed by atoms with Gasteiger partial charge in [0.15, 0.2) is 0 Å². The Morgan fingerprint density at radius 1 is 1.18 bits per heavy atom. The topological polar surface area (TPSA) is 59.1 Å². The minimum atomic E-state index is -0.340. The summed E-state index contributed by atoms with van der Waals surface area (Å²) in [6.07, 6.45) is -0.305. The average molecular weight is 511 g/mol. The lowest BCUT2D eigenvalue weighted by Crippen LogP contribution is -2.53. The Hall–Kier alpha value is -1.93. The first-order chi connectivity index (χ1) is 15.8. The Balaban J connectivity index is 1.57. The standard InChI is InChI=1S/C24H28Cl2N2O4S/c1-16-13-27(9-10-28(16)20-6-4-5-19(25)12-20)24(30)18-7-8-22(21(26)11-18)33-15-23(29)32-17(2)14-31-3/h4-8,11-12,16-17H,9-10,13-15H2,1-3H3/t16-,17?/m0/s1. The molecule has 1 aliphatic rings. The van der Waals surface area contributed by atoms with Crippen molar-refractivity contribution in [3.63, 3.8) is 0 Å². The molecule has 1 fully saturated rings. The van der Waals surface area contributed by atoms with Crippen LogP contribution in [-0.2, 0) is 14.3 Å². The SMILES string of the molecule is COCC(C)OC(=O)CSc1ccc(C(=O)N2CCN(c3cccc(Cl)c3)[C@@H](C)C2)cc1Cl. The average Bonchev–Trinajstić information content (AvgIpc) is 2.77. The molecule has 0 saturated carbocycles. The van der Waals surface area contributed by atoms with E-state index >= 15 is 0 Å². The van der Waals surface area contributed by atoms with Crippen LogP contribution in [0, 0.1) is 0 Å². The van der Waals surface area contributed by atoms with E-state index in [1.54, 1.807) is 32.2 Å². The molecule has 2 atom stereocenters. The highest BCUT2D eigenvalue weighted by Gasteiger charge is 2.28. The van der Waals surface area contributed by atoms with Crippen LogP contribution in [0.2, 0.25) is 10.0 Å². The molecule has 2 aromatic carbocycles. The number of piperazine rings is 1. The maximum Gasteiger partial charge on any atom is 0.316 e. The second-order valence-corrected chi connectivity index (χ2v) is 9.82. The van der Waals surface area contributed by atoms with Crippen LogP contribution in [0.3, 0.4) is 0 Å². The summed E-state index contributed by atoms with van der Waals surface area (Å²) >= 11 is 13.8. The Morgan fingerprint density at radius 3 is 2.64 bits per heavy atom. The monoisotopic (exact) mass is 510 g/mol. The predicted molar refractivity (Wildman–Crippen MR) is 134 cm³/mol. The molecule has 0 radical (unpaired) electrons. The number of hydrogen-bond acceptors (Lipinski definition) is 6. The fourth-order valence-corrected chi connectivity index (χ4v) is 5.01. The smallest absolute Gasteiger partial charge is 0.316 e. The lowest BCUT2D eigenvalue weighted by molar-refractivity contribution is -0.147. The number of thioether (sulfide) groups is 1. The van der Waals surface area contributed by atoms with E-state index in [0.29, 0.717) is 35.3 Å². The number of anilines is 1. The highest BCUT2D eigenvalue weighted by Crippen LogP contribution is 2.29. The van der Waals surface area contributed by atoms with Crippen LogP contribution < -0.4 is 4.90 Å². The third-order valence-electron chi connectivity index (χ3n) is 5.31. The van der Waals surface area contributed by atoms with Gasteiger partial charge in [-0.1, -0.05) is 29.3 Å². The van der Waals surface area contributed by atoms with Gasteiger partial charge in [0.25, 0.3) is 5.91 Å². The normalized spacial score (nSPS) is 17.1. The van der Waals surface area contributed by atoms with E-state index in [1.165, 1.54) is 11.8 Å².